The van der Waals surface area contributed by atoms with E-state index in [9.17, 15) is 9.59 Å². The number of fused-ring (bicyclic) bond motifs is 1. The minimum atomic E-state index is -0.310. The highest BCUT2D eigenvalue weighted by molar-refractivity contribution is 6.31. The summed E-state index contributed by atoms with van der Waals surface area (Å²) in [6, 6.07) is 5.37. The molecule has 1 aliphatic rings. The molecule has 2 N–H and O–H groups in total. The predicted octanol–water partition coefficient (Wildman–Crippen LogP) is 3.57. The zero-order chi connectivity index (χ0) is 18.7. The van der Waals surface area contributed by atoms with Crippen molar-refractivity contribution in [3.63, 3.8) is 0 Å². The number of nitrogens with zero attached hydrogens (tertiary/aromatic N) is 2. The van der Waals surface area contributed by atoms with Crippen LogP contribution < -0.4 is 10.6 Å². The second-order valence-electron chi connectivity index (χ2n) is 6.46. The lowest BCUT2D eigenvalue weighted by molar-refractivity contribution is 0.0937. The SMILES string of the molecule is CCCNC(=O)c1nc(C(=O)Nc2cccc(Cl)c2C)c2n1CCCC2. The highest BCUT2D eigenvalue weighted by Gasteiger charge is 2.27. The summed E-state index contributed by atoms with van der Waals surface area (Å²) in [4.78, 5) is 29.7. The maximum absolute atomic E-state index is 12.8. The van der Waals surface area contributed by atoms with E-state index < -0.39 is 0 Å². The zero-order valence-electron chi connectivity index (χ0n) is 15.1. The number of anilines is 1. The fourth-order valence-electron chi connectivity index (χ4n) is 3.14. The Hall–Kier alpha value is -2.34. The van der Waals surface area contributed by atoms with Crippen LogP contribution in [-0.2, 0) is 13.0 Å². The lowest BCUT2D eigenvalue weighted by Crippen LogP contribution is -2.28. The van der Waals surface area contributed by atoms with Gasteiger partial charge >= 0.3 is 0 Å². The number of nitrogens with one attached hydrogen (secondary N) is 2. The van der Waals surface area contributed by atoms with Gasteiger partial charge in [0.1, 0.15) is 0 Å². The van der Waals surface area contributed by atoms with Crippen LogP contribution in [0.2, 0.25) is 5.02 Å². The molecule has 26 heavy (non-hydrogen) atoms. The normalized spacial score (nSPS) is 13.2. The van der Waals surface area contributed by atoms with Gasteiger partial charge in [-0.25, -0.2) is 4.98 Å². The van der Waals surface area contributed by atoms with E-state index in [0.717, 1.165) is 36.9 Å². The Bertz CT molecular complexity index is 844. The maximum Gasteiger partial charge on any atom is 0.287 e. The van der Waals surface area contributed by atoms with Crippen molar-refractivity contribution in [2.24, 2.45) is 0 Å². The van der Waals surface area contributed by atoms with Crippen LogP contribution in [0.3, 0.4) is 0 Å². The van der Waals surface area contributed by atoms with Gasteiger partial charge in [-0.15, -0.1) is 0 Å². The van der Waals surface area contributed by atoms with E-state index in [0.29, 0.717) is 35.3 Å². The molecule has 1 aromatic carbocycles. The Morgan fingerprint density at radius 1 is 1.27 bits per heavy atom. The first-order chi connectivity index (χ1) is 12.5. The van der Waals surface area contributed by atoms with Crippen LogP contribution in [0.4, 0.5) is 5.69 Å². The van der Waals surface area contributed by atoms with Crippen LogP contribution >= 0.6 is 11.6 Å². The van der Waals surface area contributed by atoms with Crippen molar-refractivity contribution in [2.75, 3.05) is 11.9 Å². The van der Waals surface area contributed by atoms with Gasteiger partial charge in [0.2, 0.25) is 0 Å². The minimum absolute atomic E-state index is 0.229. The number of imidazole rings is 1. The summed E-state index contributed by atoms with van der Waals surface area (Å²) in [5, 5.41) is 6.32. The molecule has 0 atom stereocenters. The third-order valence-corrected chi connectivity index (χ3v) is 5.00. The van der Waals surface area contributed by atoms with Crippen LogP contribution in [0.1, 0.15) is 58.6 Å². The number of hydrogen-bond donors (Lipinski definition) is 2. The summed E-state index contributed by atoms with van der Waals surface area (Å²) < 4.78 is 1.88. The first-order valence-electron chi connectivity index (χ1n) is 8.97. The molecule has 3 rings (SSSR count). The van der Waals surface area contributed by atoms with Gasteiger partial charge in [-0.1, -0.05) is 24.6 Å². The summed E-state index contributed by atoms with van der Waals surface area (Å²) in [5.74, 6) is -0.218. The van der Waals surface area contributed by atoms with E-state index in [1.165, 1.54) is 0 Å². The van der Waals surface area contributed by atoms with Crippen molar-refractivity contribution >= 4 is 29.1 Å². The summed E-state index contributed by atoms with van der Waals surface area (Å²) >= 11 is 6.13. The van der Waals surface area contributed by atoms with Crippen LogP contribution in [0.25, 0.3) is 0 Å². The molecule has 2 aromatic rings. The lowest BCUT2D eigenvalue weighted by Gasteiger charge is -2.17. The maximum atomic E-state index is 12.8. The highest BCUT2D eigenvalue weighted by atomic mass is 35.5. The topological polar surface area (TPSA) is 76.0 Å². The quantitative estimate of drug-likeness (QED) is 0.839. The number of rotatable bonds is 5. The second-order valence-corrected chi connectivity index (χ2v) is 6.87. The van der Waals surface area contributed by atoms with Crippen molar-refractivity contribution in [1.82, 2.24) is 14.9 Å². The Balaban J connectivity index is 1.91. The minimum Gasteiger partial charge on any atom is -0.349 e. The van der Waals surface area contributed by atoms with Gasteiger partial charge in [0, 0.05) is 23.8 Å². The standard InChI is InChI=1S/C19H23ClN4O2/c1-3-10-21-19(26)17-23-16(15-9-4-5-11-24(15)17)18(25)22-14-8-6-7-13(20)12(14)2/h6-8H,3-5,9-11H2,1-2H3,(H,21,26)(H,22,25). The zero-order valence-corrected chi connectivity index (χ0v) is 15.8. The van der Waals surface area contributed by atoms with Gasteiger partial charge in [0.25, 0.3) is 11.8 Å². The van der Waals surface area contributed by atoms with Gasteiger partial charge in [-0.3, -0.25) is 9.59 Å². The first kappa shape index (κ1) is 18.5. The number of amides is 2. The predicted molar refractivity (Wildman–Crippen MR) is 102 cm³/mol. The molecule has 0 saturated heterocycles. The molecular weight excluding hydrogens is 352 g/mol. The number of benzene rings is 1. The average Bonchev–Trinajstić information content (AvgIpc) is 3.03. The summed E-state index contributed by atoms with van der Waals surface area (Å²) in [7, 11) is 0. The molecule has 0 unspecified atom stereocenters. The molecule has 1 aromatic heterocycles. The van der Waals surface area contributed by atoms with Crippen molar-refractivity contribution in [2.45, 2.75) is 46.1 Å². The second kappa shape index (κ2) is 7.91. The van der Waals surface area contributed by atoms with Crippen molar-refractivity contribution in [3.05, 3.63) is 46.0 Å². The van der Waals surface area contributed by atoms with Crippen molar-refractivity contribution in [3.8, 4) is 0 Å². The summed E-state index contributed by atoms with van der Waals surface area (Å²) in [5.41, 5.74) is 2.61. The van der Waals surface area contributed by atoms with Gasteiger partial charge < -0.3 is 15.2 Å². The molecule has 2 amide bonds. The molecule has 2 heterocycles. The summed E-state index contributed by atoms with van der Waals surface area (Å²) in [6.07, 6.45) is 3.55. The molecular formula is C19H23ClN4O2. The number of hydrogen-bond acceptors (Lipinski definition) is 3. The average molecular weight is 375 g/mol. The lowest BCUT2D eigenvalue weighted by atomic mass is 10.1. The molecule has 0 spiro atoms. The molecule has 6 nitrogen and oxygen atoms in total. The summed E-state index contributed by atoms with van der Waals surface area (Å²) in [6.45, 7) is 5.14. The number of aromatic nitrogens is 2. The fraction of sp³-hybridized carbons (Fsp3) is 0.421. The van der Waals surface area contributed by atoms with E-state index >= 15 is 0 Å². The molecule has 1 aliphatic heterocycles. The van der Waals surface area contributed by atoms with Crippen molar-refractivity contribution < 1.29 is 9.59 Å². The Morgan fingerprint density at radius 2 is 2.08 bits per heavy atom. The van der Waals surface area contributed by atoms with E-state index in [1.54, 1.807) is 18.2 Å². The molecule has 0 fully saturated rings. The smallest absolute Gasteiger partial charge is 0.287 e. The van der Waals surface area contributed by atoms with Gasteiger partial charge in [-0.05, 0) is 50.3 Å². The fourth-order valence-corrected chi connectivity index (χ4v) is 3.31. The number of carbonyl (C=O) groups excluding carboxylic acids is 2. The van der Waals surface area contributed by atoms with E-state index in [2.05, 4.69) is 15.6 Å². The Kier molecular flexibility index (Phi) is 5.61. The van der Waals surface area contributed by atoms with Gasteiger partial charge in [-0.2, -0.15) is 0 Å². The van der Waals surface area contributed by atoms with Crippen LogP contribution in [0, 0.1) is 6.92 Å². The highest BCUT2D eigenvalue weighted by Crippen LogP contribution is 2.25. The molecule has 0 saturated carbocycles. The van der Waals surface area contributed by atoms with Crippen LogP contribution in [-0.4, -0.2) is 27.9 Å². The van der Waals surface area contributed by atoms with E-state index in [4.69, 9.17) is 11.6 Å². The molecule has 138 valence electrons. The van der Waals surface area contributed by atoms with Crippen LogP contribution in [0.5, 0.6) is 0 Å². The molecule has 0 bridgehead atoms. The van der Waals surface area contributed by atoms with Gasteiger partial charge in [0.05, 0.1) is 5.69 Å². The van der Waals surface area contributed by atoms with Crippen molar-refractivity contribution in [1.29, 1.82) is 0 Å². The van der Waals surface area contributed by atoms with Gasteiger partial charge in [0.15, 0.2) is 11.5 Å². The third kappa shape index (κ3) is 3.60. The Labute approximate surface area is 157 Å². The molecule has 0 radical (unpaired) electrons. The Morgan fingerprint density at radius 3 is 2.85 bits per heavy atom. The largest absolute Gasteiger partial charge is 0.349 e. The van der Waals surface area contributed by atoms with E-state index in [-0.39, 0.29) is 11.8 Å². The number of halogens is 1. The monoisotopic (exact) mass is 374 g/mol. The first-order valence-corrected chi connectivity index (χ1v) is 9.34. The molecule has 7 heteroatoms. The van der Waals surface area contributed by atoms with E-state index in [1.807, 2.05) is 18.4 Å². The third-order valence-electron chi connectivity index (χ3n) is 4.59. The van der Waals surface area contributed by atoms with Crippen LogP contribution in [0.15, 0.2) is 18.2 Å². The number of carbonyl (C=O) groups is 2. The molecule has 0 aliphatic carbocycles.